The van der Waals surface area contributed by atoms with E-state index < -0.39 is 0 Å². The van der Waals surface area contributed by atoms with Crippen LogP contribution in [0.5, 0.6) is 0 Å². The second-order valence-electron chi connectivity index (χ2n) is 4.37. The second kappa shape index (κ2) is 4.58. The Hall–Kier alpha value is -2.60. The van der Waals surface area contributed by atoms with E-state index in [0.29, 0.717) is 5.56 Å². The fraction of sp³-hybridized carbons (Fsp3) is 0.125. The molecule has 2 aromatic carbocycles. The van der Waals surface area contributed by atoms with Gasteiger partial charge in [-0.15, -0.1) is 0 Å². The number of pyridine rings is 1. The van der Waals surface area contributed by atoms with Gasteiger partial charge in [0.05, 0.1) is 16.8 Å². The minimum Gasteiger partial charge on any atom is -0.384 e. The number of rotatable bonds is 2. The fourth-order valence-electron chi connectivity index (χ4n) is 2.39. The van der Waals surface area contributed by atoms with Gasteiger partial charge in [-0.1, -0.05) is 36.4 Å². The number of nitrogens with zero attached hydrogens (tertiary/aromatic N) is 2. The van der Waals surface area contributed by atoms with Gasteiger partial charge >= 0.3 is 0 Å². The van der Waals surface area contributed by atoms with Crippen LogP contribution in [0.25, 0.3) is 21.7 Å². The Bertz CT molecular complexity index is 800. The molecular weight excluding hydrogens is 234 g/mol. The van der Waals surface area contributed by atoms with Crippen molar-refractivity contribution in [3.8, 4) is 6.07 Å². The van der Waals surface area contributed by atoms with Gasteiger partial charge in [-0.2, -0.15) is 5.26 Å². The molecule has 0 atom stereocenters. The first-order valence-corrected chi connectivity index (χ1v) is 6.29. The lowest BCUT2D eigenvalue weighted by Gasteiger charge is -2.11. The summed E-state index contributed by atoms with van der Waals surface area (Å²) >= 11 is 0. The van der Waals surface area contributed by atoms with Gasteiger partial charge in [0.2, 0.25) is 0 Å². The highest BCUT2D eigenvalue weighted by Gasteiger charge is 2.09. The molecule has 19 heavy (non-hydrogen) atoms. The van der Waals surface area contributed by atoms with E-state index in [2.05, 4.69) is 34.6 Å². The fourth-order valence-corrected chi connectivity index (χ4v) is 2.39. The van der Waals surface area contributed by atoms with Crippen LogP contribution in [-0.2, 0) is 0 Å². The van der Waals surface area contributed by atoms with E-state index in [-0.39, 0.29) is 0 Å². The number of aromatic nitrogens is 1. The van der Waals surface area contributed by atoms with Crippen LogP contribution in [0, 0.1) is 11.3 Å². The molecule has 0 aliphatic heterocycles. The van der Waals surface area contributed by atoms with E-state index in [1.165, 1.54) is 0 Å². The molecule has 0 saturated heterocycles. The molecule has 3 rings (SSSR count). The minimum atomic E-state index is 0.588. The number of benzene rings is 2. The van der Waals surface area contributed by atoms with Gasteiger partial charge in [-0.25, -0.2) is 0 Å². The molecule has 1 N–H and O–H groups in total. The van der Waals surface area contributed by atoms with Crippen molar-refractivity contribution in [2.45, 2.75) is 6.92 Å². The first kappa shape index (κ1) is 11.5. The van der Waals surface area contributed by atoms with Gasteiger partial charge in [-0.05, 0) is 12.3 Å². The average molecular weight is 247 g/mol. The summed E-state index contributed by atoms with van der Waals surface area (Å²) in [4.78, 5) is 4.46. The largest absolute Gasteiger partial charge is 0.384 e. The van der Waals surface area contributed by atoms with Gasteiger partial charge in [0.1, 0.15) is 6.07 Å². The maximum absolute atomic E-state index is 9.19. The van der Waals surface area contributed by atoms with Crippen LogP contribution in [0.15, 0.2) is 42.6 Å². The van der Waals surface area contributed by atoms with Crippen LogP contribution in [0.3, 0.4) is 0 Å². The number of anilines is 1. The Labute approximate surface area is 111 Å². The van der Waals surface area contributed by atoms with Gasteiger partial charge in [-0.3, -0.25) is 4.98 Å². The quantitative estimate of drug-likeness (QED) is 0.702. The van der Waals surface area contributed by atoms with Gasteiger partial charge in [0.25, 0.3) is 0 Å². The van der Waals surface area contributed by atoms with Crippen molar-refractivity contribution in [3.63, 3.8) is 0 Å². The molecule has 0 aliphatic carbocycles. The topological polar surface area (TPSA) is 48.7 Å². The number of nitriles is 1. The summed E-state index contributed by atoms with van der Waals surface area (Å²) < 4.78 is 0. The zero-order valence-corrected chi connectivity index (χ0v) is 10.6. The Morgan fingerprint density at radius 1 is 1.16 bits per heavy atom. The molecular formula is C16H13N3. The summed E-state index contributed by atoms with van der Waals surface area (Å²) in [5.74, 6) is 0. The van der Waals surface area contributed by atoms with E-state index in [1.54, 1.807) is 6.20 Å². The molecule has 0 saturated carbocycles. The van der Waals surface area contributed by atoms with Crippen molar-refractivity contribution < 1.29 is 0 Å². The number of nitrogens with one attached hydrogen (secondary N) is 1. The molecule has 3 heteroatoms. The van der Waals surface area contributed by atoms with Crippen LogP contribution in [0.1, 0.15) is 12.5 Å². The van der Waals surface area contributed by atoms with E-state index in [4.69, 9.17) is 0 Å². The van der Waals surface area contributed by atoms with Crippen molar-refractivity contribution in [2.24, 2.45) is 0 Å². The lowest BCUT2D eigenvalue weighted by Crippen LogP contribution is -2.01. The van der Waals surface area contributed by atoms with Gasteiger partial charge in [0, 0.05) is 23.5 Å². The summed E-state index contributed by atoms with van der Waals surface area (Å²) in [6, 6.07) is 14.5. The van der Waals surface area contributed by atoms with Crippen molar-refractivity contribution in [1.82, 2.24) is 4.98 Å². The molecule has 0 bridgehead atoms. The summed E-state index contributed by atoms with van der Waals surface area (Å²) in [5, 5.41) is 15.7. The molecule has 0 unspecified atom stereocenters. The SMILES string of the molecule is CCNc1c(C#N)cnc2c1ccc1ccccc12. The van der Waals surface area contributed by atoms with Crippen LogP contribution in [-0.4, -0.2) is 11.5 Å². The molecule has 0 amide bonds. The highest BCUT2D eigenvalue weighted by Crippen LogP contribution is 2.30. The van der Waals surface area contributed by atoms with Crippen molar-refractivity contribution in [2.75, 3.05) is 11.9 Å². The van der Waals surface area contributed by atoms with Crippen molar-refractivity contribution in [1.29, 1.82) is 5.26 Å². The molecule has 92 valence electrons. The molecule has 0 spiro atoms. The number of hydrogen-bond acceptors (Lipinski definition) is 3. The Kier molecular flexibility index (Phi) is 2.77. The number of hydrogen-bond donors (Lipinski definition) is 1. The van der Waals surface area contributed by atoms with E-state index in [1.807, 2.05) is 25.1 Å². The maximum Gasteiger partial charge on any atom is 0.103 e. The van der Waals surface area contributed by atoms with Crippen LogP contribution < -0.4 is 5.32 Å². The molecule has 3 nitrogen and oxygen atoms in total. The predicted molar refractivity (Wildman–Crippen MR) is 78.1 cm³/mol. The predicted octanol–water partition coefficient (Wildman–Crippen LogP) is 3.69. The zero-order chi connectivity index (χ0) is 13.2. The monoisotopic (exact) mass is 247 g/mol. The lowest BCUT2D eigenvalue weighted by molar-refractivity contribution is 1.21. The summed E-state index contributed by atoms with van der Waals surface area (Å²) in [7, 11) is 0. The first-order chi connectivity index (χ1) is 9.35. The summed E-state index contributed by atoms with van der Waals surface area (Å²) in [6.07, 6.45) is 1.65. The molecule has 0 radical (unpaired) electrons. The molecule has 0 fully saturated rings. The molecule has 3 aromatic rings. The zero-order valence-electron chi connectivity index (χ0n) is 10.6. The lowest BCUT2D eigenvalue weighted by atomic mass is 10.0. The normalized spacial score (nSPS) is 10.5. The Morgan fingerprint density at radius 2 is 2.00 bits per heavy atom. The Morgan fingerprint density at radius 3 is 2.79 bits per heavy atom. The number of fused-ring (bicyclic) bond motifs is 3. The van der Waals surface area contributed by atoms with E-state index in [0.717, 1.165) is 33.9 Å². The third kappa shape index (κ3) is 1.78. The van der Waals surface area contributed by atoms with E-state index >= 15 is 0 Å². The highest BCUT2D eigenvalue weighted by molar-refractivity contribution is 6.09. The summed E-state index contributed by atoms with van der Waals surface area (Å²) in [5.41, 5.74) is 2.40. The molecule has 1 heterocycles. The van der Waals surface area contributed by atoms with Crippen molar-refractivity contribution >= 4 is 27.4 Å². The average Bonchev–Trinajstić information content (AvgIpc) is 2.47. The smallest absolute Gasteiger partial charge is 0.103 e. The van der Waals surface area contributed by atoms with Gasteiger partial charge in [0.15, 0.2) is 0 Å². The molecule has 1 aromatic heterocycles. The standard InChI is InChI=1S/C16H13N3/c1-2-18-15-12(9-17)10-19-16-13-6-4-3-5-11(13)7-8-14(15)16/h3-8,10H,2H2,1H3,(H,18,19). The first-order valence-electron chi connectivity index (χ1n) is 6.29. The minimum absolute atomic E-state index is 0.588. The summed E-state index contributed by atoms with van der Waals surface area (Å²) in [6.45, 7) is 2.80. The molecule has 0 aliphatic rings. The van der Waals surface area contributed by atoms with Crippen LogP contribution in [0.4, 0.5) is 5.69 Å². The third-order valence-electron chi connectivity index (χ3n) is 3.24. The second-order valence-corrected chi connectivity index (χ2v) is 4.37. The van der Waals surface area contributed by atoms with Crippen molar-refractivity contribution in [3.05, 3.63) is 48.2 Å². The maximum atomic E-state index is 9.19. The van der Waals surface area contributed by atoms with Gasteiger partial charge < -0.3 is 5.32 Å². The van der Waals surface area contributed by atoms with E-state index in [9.17, 15) is 5.26 Å². The highest BCUT2D eigenvalue weighted by atomic mass is 14.9. The van der Waals surface area contributed by atoms with Crippen LogP contribution in [0.2, 0.25) is 0 Å². The van der Waals surface area contributed by atoms with Crippen LogP contribution >= 0.6 is 0 Å². The Balaban J connectivity index is 2.44. The third-order valence-corrected chi connectivity index (χ3v) is 3.24.